The predicted octanol–water partition coefficient (Wildman–Crippen LogP) is 6.51. The van der Waals surface area contributed by atoms with Crippen LogP contribution < -0.4 is 14.9 Å². The zero-order valence-corrected chi connectivity index (χ0v) is 26.2. The number of nitro benzene ring substituents is 1. The van der Waals surface area contributed by atoms with Crippen molar-refractivity contribution in [3.63, 3.8) is 0 Å². The average Bonchev–Trinajstić information content (AvgIpc) is 3.53. The highest BCUT2D eigenvalue weighted by Crippen LogP contribution is 2.37. The molecule has 1 aliphatic rings. The van der Waals surface area contributed by atoms with Crippen LogP contribution in [0.15, 0.2) is 78.5 Å². The molecule has 4 aromatic rings. The van der Waals surface area contributed by atoms with Gasteiger partial charge in [0.1, 0.15) is 16.0 Å². The average molecular weight is 671 g/mol. The maximum Gasteiger partial charge on any atom is 0.338 e. The van der Waals surface area contributed by atoms with Gasteiger partial charge in [-0.15, -0.1) is 0 Å². The minimum absolute atomic E-state index is 0.166. The van der Waals surface area contributed by atoms with E-state index in [4.69, 9.17) is 20.8 Å². The number of thiazole rings is 1. The van der Waals surface area contributed by atoms with Crippen LogP contribution in [0.2, 0.25) is 5.02 Å². The number of carbonyl (C=O) groups is 1. The van der Waals surface area contributed by atoms with Crippen LogP contribution in [-0.2, 0) is 9.53 Å². The van der Waals surface area contributed by atoms with Gasteiger partial charge < -0.3 is 9.15 Å². The topological polar surface area (TPSA) is 117 Å². The van der Waals surface area contributed by atoms with E-state index in [-0.39, 0.29) is 27.3 Å². The summed E-state index contributed by atoms with van der Waals surface area (Å²) in [5.74, 6) is 0.496. The van der Waals surface area contributed by atoms with Crippen molar-refractivity contribution in [2.24, 2.45) is 4.99 Å². The van der Waals surface area contributed by atoms with Gasteiger partial charge in [0, 0.05) is 17.7 Å². The molecule has 0 saturated heterocycles. The summed E-state index contributed by atoms with van der Waals surface area (Å²) >= 11 is 10.5. The van der Waals surface area contributed by atoms with Crippen molar-refractivity contribution in [1.29, 1.82) is 0 Å². The van der Waals surface area contributed by atoms with Gasteiger partial charge in [-0.3, -0.25) is 19.5 Å². The lowest BCUT2D eigenvalue weighted by Gasteiger charge is -2.25. The first kappa shape index (κ1) is 29.7. The SMILES string of the molecule is CCOC(=O)C1=C(C)N=c2s/c(=C\c3ccc(-c4cc(Cl)c(Br)c([N+](=O)[O-])c4)o3)c(=O)n2[C@@H]1c1ccc(C(C)C)cc1. The van der Waals surface area contributed by atoms with Crippen LogP contribution in [0.3, 0.4) is 0 Å². The van der Waals surface area contributed by atoms with Crippen molar-refractivity contribution >= 4 is 56.6 Å². The van der Waals surface area contributed by atoms with Gasteiger partial charge >= 0.3 is 5.97 Å². The molecular weight excluding hydrogens is 646 g/mol. The highest BCUT2D eigenvalue weighted by atomic mass is 79.9. The molecule has 0 unspecified atom stereocenters. The number of nitrogens with zero attached hydrogens (tertiary/aromatic N) is 3. The standard InChI is InChI=1S/C30H25BrClN3O6S/c1-5-40-29(37)25-16(4)33-30-34(27(25)18-8-6-17(7-9-18)15(2)3)28(36)24(42-30)14-20-10-11-23(41-20)19-12-21(32)26(31)22(13-19)35(38)39/h6-15,27H,5H2,1-4H3/b24-14-/t27-/m1/s1. The van der Waals surface area contributed by atoms with Crippen LogP contribution in [0.25, 0.3) is 17.4 Å². The molecular formula is C30H25BrClN3O6S. The Morgan fingerprint density at radius 3 is 2.62 bits per heavy atom. The van der Waals surface area contributed by atoms with Crippen LogP contribution in [0.5, 0.6) is 0 Å². The van der Waals surface area contributed by atoms with E-state index in [1.165, 1.54) is 22.0 Å². The molecule has 216 valence electrons. The number of rotatable bonds is 7. The molecule has 0 saturated carbocycles. The molecule has 2 aromatic carbocycles. The quantitative estimate of drug-likeness (QED) is 0.126. The summed E-state index contributed by atoms with van der Waals surface area (Å²) in [5, 5.41) is 11.6. The maximum atomic E-state index is 13.9. The van der Waals surface area contributed by atoms with Crippen molar-refractivity contribution < 1.29 is 18.9 Å². The zero-order valence-electron chi connectivity index (χ0n) is 23.0. The molecule has 3 heterocycles. The second-order valence-electron chi connectivity index (χ2n) is 9.87. The predicted molar refractivity (Wildman–Crippen MR) is 164 cm³/mol. The fourth-order valence-electron chi connectivity index (χ4n) is 4.73. The van der Waals surface area contributed by atoms with Crippen molar-refractivity contribution in [2.75, 3.05) is 6.61 Å². The first-order chi connectivity index (χ1) is 20.0. The van der Waals surface area contributed by atoms with Gasteiger partial charge in [0.05, 0.1) is 38.4 Å². The Balaban J connectivity index is 1.62. The number of aromatic nitrogens is 1. The number of fused-ring (bicyclic) bond motifs is 1. The lowest BCUT2D eigenvalue weighted by molar-refractivity contribution is -0.385. The minimum atomic E-state index is -0.721. The van der Waals surface area contributed by atoms with E-state index in [1.54, 1.807) is 38.1 Å². The van der Waals surface area contributed by atoms with E-state index in [0.29, 0.717) is 43.6 Å². The van der Waals surface area contributed by atoms with Gasteiger partial charge in [-0.1, -0.05) is 61.1 Å². The Morgan fingerprint density at radius 1 is 1.26 bits per heavy atom. The van der Waals surface area contributed by atoms with E-state index >= 15 is 0 Å². The third kappa shape index (κ3) is 5.51. The summed E-state index contributed by atoms with van der Waals surface area (Å²) in [5.41, 5.74) is 2.56. The summed E-state index contributed by atoms with van der Waals surface area (Å²) in [6.07, 6.45) is 1.59. The number of carbonyl (C=O) groups excluding carboxylic acids is 1. The number of ether oxygens (including phenoxy) is 1. The van der Waals surface area contributed by atoms with Gasteiger partial charge in [0.2, 0.25) is 0 Å². The molecule has 0 N–H and O–H groups in total. The third-order valence-corrected chi connectivity index (χ3v) is 9.17. The van der Waals surface area contributed by atoms with E-state index in [0.717, 1.165) is 11.1 Å². The molecule has 1 atom stereocenters. The number of hydrogen-bond acceptors (Lipinski definition) is 8. The first-order valence-electron chi connectivity index (χ1n) is 13.0. The Hall–Kier alpha value is -3.80. The lowest BCUT2D eigenvalue weighted by atomic mass is 9.93. The van der Waals surface area contributed by atoms with Gasteiger partial charge in [-0.05, 0) is 65.0 Å². The number of benzene rings is 2. The molecule has 5 rings (SSSR count). The molecule has 9 nitrogen and oxygen atoms in total. The van der Waals surface area contributed by atoms with Crippen LogP contribution in [0.1, 0.15) is 56.5 Å². The third-order valence-electron chi connectivity index (χ3n) is 6.83. The number of hydrogen-bond donors (Lipinski definition) is 0. The van der Waals surface area contributed by atoms with Crippen molar-refractivity contribution in [3.8, 4) is 11.3 Å². The number of halogens is 2. The summed E-state index contributed by atoms with van der Waals surface area (Å²) in [6, 6.07) is 13.3. The fraction of sp³-hybridized carbons (Fsp3) is 0.233. The van der Waals surface area contributed by atoms with E-state index in [9.17, 15) is 19.7 Å². The van der Waals surface area contributed by atoms with Crippen molar-refractivity contribution in [1.82, 2.24) is 4.57 Å². The number of furan rings is 1. The van der Waals surface area contributed by atoms with E-state index in [1.807, 2.05) is 24.3 Å². The van der Waals surface area contributed by atoms with Gasteiger partial charge in [-0.25, -0.2) is 9.79 Å². The number of esters is 1. The Bertz CT molecular complexity index is 1940. The second kappa shape index (κ2) is 11.8. The van der Waals surface area contributed by atoms with Gasteiger partial charge in [0.15, 0.2) is 4.80 Å². The Labute approximate surface area is 257 Å². The van der Waals surface area contributed by atoms with Crippen molar-refractivity contribution in [3.05, 3.63) is 116 Å². The molecule has 0 bridgehead atoms. The summed E-state index contributed by atoms with van der Waals surface area (Å²) in [4.78, 5) is 42.9. The van der Waals surface area contributed by atoms with E-state index in [2.05, 4.69) is 34.8 Å². The molecule has 0 amide bonds. The Morgan fingerprint density at radius 2 is 1.98 bits per heavy atom. The smallest absolute Gasteiger partial charge is 0.338 e. The largest absolute Gasteiger partial charge is 0.463 e. The molecule has 0 radical (unpaired) electrons. The van der Waals surface area contributed by atoms with Crippen molar-refractivity contribution in [2.45, 2.75) is 39.7 Å². The second-order valence-corrected chi connectivity index (χ2v) is 12.1. The van der Waals surface area contributed by atoms with E-state index < -0.39 is 16.9 Å². The fourth-order valence-corrected chi connectivity index (χ4v) is 6.35. The first-order valence-corrected chi connectivity index (χ1v) is 15.0. The molecule has 0 spiro atoms. The molecule has 0 fully saturated rings. The monoisotopic (exact) mass is 669 g/mol. The summed E-state index contributed by atoms with van der Waals surface area (Å²) in [7, 11) is 0. The lowest BCUT2D eigenvalue weighted by Crippen LogP contribution is -2.39. The van der Waals surface area contributed by atoms with Gasteiger partial charge in [-0.2, -0.15) is 0 Å². The number of allylic oxidation sites excluding steroid dienone is 1. The molecule has 1 aliphatic heterocycles. The minimum Gasteiger partial charge on any atom is -0.463 e. The summed E-state index contributed by atoms with van der Waals surface area (Å²) in [6.45, 7) is 7.85. The Kier molecular flexibility index (Phi) is 8.36. The number of nitro groups is 1. The molecule has 42 heavy (non-hydrogen) atoms. The molecule has 12 heteroatoms. The summed E-state index contributed by atoms with van der Waals surface area (Å²) < 4.78 is 13.3. The molecule has 2 aromatic heterocycles. The van der Waals surface area contributed by atoms with Crippen LogP contribution in [0.4, 0.5) is 5.69 Å². The highest BCUT2D eigenvalue weighted by Gasteiger charge is 2.33. The highest BCUT2D eigenvalue weighted by molar-refractivity contribution is 9.10. The maximum absolute atomic E-state index is 13.9. The van der Waals surface area contributed by atoms with Crippen LogP contribution in [0, 0.1) is 10.1 Å². The van der Waals surface area contributed by atoms with Crippen LogP contribution >= 0.6 is 38.9 Å². The van der Waals surface area contributed by atoms with Gasteiger partial charge in [0.25, 0.3) is 11.2 Å². The van der Waals surface area contributed by atoms with Crippen LogP contribution in [-0.4, -0.2) is 22.1 Å². The normalized spacial score (nSPS) is 15.1. The zero-order chi connectivity index (χ0) is 30.3. The molecule has 0 aliphatic carbocycles.